The van der Waals surface area contributed by atoms with Crippen LogP contribution in [0.3, 0.4) is 0 Å². The molecule has 0 radical (unpaired) electrons. The highest BCUT2D eigenvalue weighted by Crippen LogP contribution is 2.14. The third-order valence-corrected chi connectivity index (χ3v) is 3.35. The Hall–Kier alpha value is -0.390. The van der Waals surface area contributed by atoms with Gasteiger partial charge in [-0.15, -0.1) is 0 Å². The van der Waals surface area contributed by atoms with Crippen LogP contribution in [-0.2, 0) is 9.47 Å². The molecule has 0 bridgehead atoms. The minimum absolute atomic E-state index is 0.248. The van der Waals surface area contributed by atoms with Crippen molar-refractivity contribution in [1.82, 2.24) is 10.2 Å². The van der Waals surface area contributed by atoms with Crippen LogP contribution in [0.25, 0.3) is 0 Å². The summed E-state index contributed by atoms with van der Waals surface area (Å²) in [5.41, 5.74) is 0. The van der Waals surface area contributed by atoms with Gasteiger partial charge in [-0.25, -0.2) is 0 Å². The van der Waals surface area contributed by atoms with Crippen LogP contribution in [0.4, 0.5) is 0 Å². The number of ether oxygens (including phenoxy) is 2. The average Bonchev–Trinajstić information content (AvgIpc) is 2.30. The average molecular weight is 260 g/mol. The van der Waals surface area contributed by atoms with Gasteiger partial charge in [0.15, 0.2) is 5.11 Å². The fourth-order valence-electron chi connectivity index (χ4n) is 2.03. The highest BCUT2D eigenvalue weighted by molar-refractivity contribution is 7.80. The van der Waals surface area contributed by atoms with Crippen molar-refractivity contribution in [3.05, 3.63) is 0 Å². The summed E-state index contributed by atoms with van der Waals surface area (Å²) in [6, 6.07) is 0.248. The number of hydrogen-bond acceptors (Lipinski definition) is 3. The molecule has 17 heavy (non-hydrogen) atoms. The maximum Gasteiger partial charge on any atom is 0.168 e. The highest BCUT2D eigenvalue weighted by Gasteiger charge is 2.17. The molecule has 0 saturated carbocycles. The smallest absolute Gasteiger partial charge is 0.168 e. The Morgan fingerprint density at radius 2 is 2.41 bits per heavy atom. The number of rotatable bonds is 5. The quantitative estimate of drug-likeness (QED) is 0.753. The first-order chi connectivity index (χ1) is 8.13. The second-order valence-corrected chi connectivity index (χ2v) is 5.16. The van der Waals surface area contributed by atoms with E-state index in [0.29, 0.717) is 12.5 Å². The maximum atomic E-state index is 5.47. The molecule has 1 aliphatic rings. The van der Waals surface area contributed by atoms with Crippen molar-refractivity contribution < 1.29 is 9.47 Å². The molecule has 1 aliphatic heterocycles. The second kappa shape index (κ2) is 7.84. The highest BCUT2D eigenvalue weighted by atomic mass is 32.1. The van der Waals surface area contributed by atoms with Crippen molar-refractivity contribution in [2.75, 3.05) is 40.5 Å². The van der Waals surface area contributed by atoms with Gasteiger partial charge in [-0.1, -0.05) is 0 Å². The van der Waals surface area contributed by atoms with Gasteiger partial charge >= 0.3 is 0 Å². The van der Waals surface area contributed by atoms with E-state index in [-0.39, 0.29) is 6.04 Å². The van der Waals surface area contributed by atoms with Gasteiger partial charge in [0.1, 0.15) is 0 Å². The summed E-state index contributed by atoms with van der Waals surface area (Å²) in [5, 5.41) is 4.05. The van der Waals surface area contributed by atoms with E-state index in [9.17, 15) is 0 Å². The Kier molecular flexibility index (Phi) is 6.77. The van der Waals surface area contributed by atoms with E-state index in [0.717, 1.165) is 24.9 Å². The van der Waals surface area contributed by atoms with Crippen molar-refractivity contribution >= 4 is 17.3 Å². The Balaban J connectivity index is 2.25. The molecule has 1 N–H and O–H groups in total. The second-order valence-electron chi connectivity index (χ2n) is 4.77. The SMILES string of the molecule is COCC(C)NC(=S)N(C)CC1CCCOC1. The molecule has 0 amide bonds. The lowest BCUT2D eigenvalue weighted by Gasteiger charge is -2.29. The Bertz CT molecular complexity index is 233. The predicted octanol–water partition coefficient (Wildman–Crippen LogP) is 1.25. The molecule has 0 spiro atoms. The van der Waals surface area contributed by atoms with Crippen molar-refractivity contribution in [1.29, 1.82) is 0 Å². The molecule has 0 aromatic rings. The predicted molar refractivity (Wildman–Crippen MR) is 73.2 cm³/mol. The largest absolute Gasteiger partial charge is 0.383 e. The molecule has 1 rings (SSSR count). The molecule has 0 aliphatic carbocycles. The molecular weight excluding hydrogens is 236 g/mol. The zero-order chi connectivity index (χ0) is 12.7. The number of nitrogens with zero attached hydrogens (tertiary/aromatic N) is 1. The molecule has 1 fully saturated rings. The van der Waals surface area contributed by atoms with Crippen LogP contribution in [0.1, 0.15) is 19.8 Å². The topological polar surface area (TPSA) is 33.7 Å². The summed E-state index contributed by atoms with van der Waals surface area (Å²) >= 11 is 5.35. The minimum atomic E-state index is 0.248. The van der Waals surface area contributed by atoms with E-state index < -0.39 is 0 Å². The summed E-state index contributed by atoms with van der Waals surface area (Å²) < 4.78 is 10.5. The maximum absolute atomic E-state index is 5.47. The van der Waals surface area contributed by atoms with Crippen LogP contribution in [0.2, 0.25) is 0 Å². The number of methoxy groups -OCH3 is 1. The fourth-order valence-corrected chi connectivity index (χ4v) is 2.31. The molecule has 2 atom stereocenters. The molecule has 1 heterocycles. The van der Waals surface area contributed by atoms with Crippen molar-refractivity contribution in [2.24, 2.45) is 5.92 Å². The molecule has 5 heteroatoms. The van der Waals surface area contributed by atoms with Crippen LogP contribution in [0, 0.1) is 5.92 Å². The molecule has 0 aromatic carbocycles. The van der Waals surface area contributed by atoms with Gasteiger partial charge in [0.2, 0.25) is 0 Å². The van der Waals surface area contributed by atoms with Crippen LogP contribution >= 0.6 is 12.2 Å². The zero-order valence-electron chi connectivity index (χ0n) is 11.1. The van der Waals surface area contributed by atoms with Crippen LogP contribution in [-0.4, -0.2) is 56.6 Å². The summed E-state index contributed by atoms with van der Waals surface area (Å²) in [5.74, 6) is 0.603. The van der Waals surface area contributed by atoms with E-state index in [1.54, 1.807) is 7.11 Å². The Morgan fingerprint density at radius 1 is 1.65 bits per heavy atom. The van der Waals surface area contributed by atoms with Gasteiger partial charge in [0, 0.05) is 33.4 Å². The lowest BCUT2D eigenvalue weighted by atomic mass is 10.0. The van der Waals surface area contributed by atoms with E-state index in [1.807, 2.05) is 7.05 Å². The van der Waals surface area contributed by atoms with Crippen LogP contribution in [0.15, 0.2) is 0 Å². The van der Waals surface area contributed by atoms with Crippen LogP contribution < -0.4 is 5.32 Å². The van der Waals surface area contributed by atoms with Gasteiger partial charge in [0.25, 0.3) is 0 Å². The zero-order valence-corrected chi connectivity index (χ0v) is 11.9. The van der Waals surface area contributed by atoms with E-state index in [4.69, 9.17) is 21.7 Å². The standard InChI is InChI=1S/C12H24N2O2S/c1-10(8-15-3)13-12(17)14(2)7-11-5-4-6-16-9-11/h10-11H,4-9H2,1-3H3,(H,13,17). The van der Waals surface area contributed by atoms with E-state index >= 15 is 0 Å². The summed E-state index contributed by atoms with van der Waals surface area (Å²) in [6.45, 7) is 5.47. The lowest BCUT2D eigenvalue weighted by Crippen LogP contribution is -2.45. The van der Waals surface area contributed by atoms with E-state index in [2.05, 4.69) is 17.1 Å². The number of nitrogens with one attached hydrogen (secondary N) is 1. The normalized spacial score (nSPS) is 21.9. The van der Waals surface area contributed by atoms with Gasteiger partial charge in [-0.3, -0.25) is 0 Å². The molecular formula is C12H24N2O2S. The molecule has 1 saturated heterocycles. The first-order valence-electron chi connectivity index (χ1n) is 6.21. The third kappa shape index (κ3) is 5.66. The van der Waals surface area contributed by atoms with E-state index in [1.165, 1.54) is 12.8 Å². The van der Waals surface area contributed by atoms with Crippen molar-refractivity contribution in [2.45, 2.75) is 25.8 Å². The molecule has 100 valence electrons. The first kappa shape index (κ1) is 14.7. The number of hydrogen-bond donors (Lipinski definition) is 1. The monoisotopic (exact) mass is 260 g/mol. The van der Waals surface area contributed by atoms with Crippen molar-refractivity contribution in [3.8, 4) is 0 Å². The Morgan fingerprint density at radius 3 is 3.00 bits per heavy atom. The van der Waals surface area contributed by atoms with Gasteiger partial charge in [0.05, 0.1) is 13.2 Å². The molecule has 4 nitrogen and oxygen atoms in total. The summed E-state index contributed by atoms with van der Waals surface area (Å²) in [6.07, 6.45) is 2.40. The molecule has 2 unspecified atom stereocenters. The van der Waals surface area contributed by atoms with Crippen LogP contribution in [0.5, 0.6) is 0 Å². The first-order valence-corrected chi connectivity index (χ1v) is 6.62. The number of thiocarbonyl (C=S) groups is 1. The lowest BCUT2D eigenvalue weighted by molar-refractivity contribution is 0.0483. The summed E-state index contributed by atoms with van der Waals surface area (Å²) in [4.78, 5) is 2.10. The molecule has 0 aromatic heterocycles. The minimum Gasteiger partial charge on any atom is -0.383 e. The van der Waals surface area contributed by atoms with Crippen molar-refractivity contribution in [3.63, 3.8) is 0 Å². The van der Waals surface area contributed by atoms with Gasteiger partial charge in [-0.05, 0) is 37.9 Å². The summed E-state index contributed by atoms with van der Waals surface area (Å²) in [7, 11) is 3.73. The van der Waals surface area contributed by atoms with Gasteiger partial charge in [-0.2, -0.15) is 0 Å². The Labute approximate surface area is 110 Å². The van der Waals surface area contributed by atoms with Gasteiger partial charge < -0.3 is 19.7 Å². The fraction of sp³-hybridized carbons (Fsp3) is 0.917. The third-order valence-electron chi connectivity index (χ3n) is 2.92.